The van der Waals surface area contributed by atoms with Gasteiger partial charge >= 0.3 is 0 Å². The van der Waals surface area contributed by atoms with Gasteiger partial charge in [0.25, 0.3) is 0 Å². The number of carbonyl (C=O) groups excluding carboxylic acids is 1. The van der Waals surface area contributed by atoms with Crippen LogP contribution in [0.15, 0.2) is 12.8 Å². The van der Waals surface area contributed by atoms with Crippen LogP contribution in [-0.2, 0) is 9.53 Å². The third-order valence-electron chi connectivity index (χ3n) is 2.63. The molecule has 0 radical (unpaired) electrons. The highest BCUT2D eigenvalue weighted by molar-refractivity contribution is 5.81. The highest BCUT2D eigenvalue weighted by atomic mass is 16.5. The van der Waals surface area contributed by atoms with Gasteiger partial charge in [-0.2, -0.15) is 0 Å². The zero-order valence-electron chi connectivity index (χ0n) is 8.13. The molecule has 0 N–H and O–H groups in total. The van der Waals surface area contributed by atoms with E-state index >= 15 is 0 Å². The summed E-state index contributed by atoms with van der Waals surface area (Å²) in [5.74, 6) is 0.688. The lowest BCUT2D eigenvalue weighted by Crippen LogP contribution is -2.14. The SMILES string of the molecule is C=COCCC1CCCCCC1=O. The van der Waals surface area contributed by atoms with Crippen molar-refractivity contribution in [3.8, 4) is 0 Å². The fourth-order valence-corrected chi connectivity index (χ4v) is 1.83. The first-order valence-corrected chi connectivity index (χ1v) is 5.10. The Morgan fingerprint density at radius 2 is 2.31 bits per heavy atom. The van der Waals surface area contributed by atoms with Crippen LogP contribution in [0.2, 0.25) is 0 Å². The van der Waals surface area contributed by atoms with Gasteiger partial charge in [0, 0.05) is 12.3 Å². The molecule has 0 amide bonds. The molecule has 2 nitrogen and oxygen atoms in total. The number of ketones is 1. The van der Waals surface area contributed by atoms with Crippen LogP contribution in [0.4, 0.5) is 0 Å². The second kappa shape index (κ2) is 5.79. The van der Waals surface area contributed by atoms with Crippen LogP contribution >= 0.6 is 0 Å². The first-order valence-electron chi connectivity index (χ1n) is 5.10. The summed E-state index contributed by atoms with van der Waals surface area (Å²) < 4.78 is 5.04. The Morgan fingerprint density at radius 3 is 3.08 bits per heavy atom. The van der Waals surface area contributed by atoms with E-state index in [2.05, 4.69) is 6.58 Å². The van der Waals surface area contributed by atoms with Gasteiger partial charge in [-0.25, -0.2) is 0 Å². The van der Waals surface area contributed by atoms with Gasteiger partial charge in [0.15, 0.2) is 0 Å². The summed E-state index contributed by atoms with van der Waals surface area (Å²) in [5, 5.41) is 0. The topological polar surface area (TPSA) is 26.3 Å². The normalized spacial score (nSPS) is 23.7. The van der Waals surface area contributed by atoms with Crippen molar-refractivity contribution in [3.63, 3.8) is 0 Å². The lowest BCUT2D eigenvalue weighted by Gasteiger charge is -2.11. The lowest BCUT2D eigenvalue weighted by atomic mass is 9.96. The Labute approximate surface area is 80.0 Å². The smallest absolute Gasteiger partial charge is 0.136 e. The second-order valence-corrected chi connectivity index (χ2v) is 3.59. The predicted octanol–water partition coefficient (Wildman–Crippen LogP) is 2.69. The van der Waals surface area contributed by atoms with Gasteiger partial charge < -0.3 is 4.74 Å². The Balaban J connectivity index is 2.27. The van der Waals surface area contributed by atoms with Crippen LogP contribution in [0.3, 0.4) is 0 Å². The molecule has 74 valence electrons. The first kappa shape index (κ1) is 10.3. The molecule has 1 atom stereocenters. The van der Waals surface area contributed by atoms with Gasteiger partial charge in [0.1, 0.15) is 5.78 Å². The molecule has 0 saturated heterocycles. The van der Waals surface area contributed by atoms with E-state index < -0.39 is 0 Å². The molecule has 0 bridgehead atoms. The second-order valence-electron chi connectivity index (χ2n) is 3.59. The number of rotatable bonds is 4. The molecule has 13 heavy (non-hydrogen) atoms. The van der Waals surface area contributed by atoms with E-state index in [1.165, 1.54) is 19.1 Å². The predicted molar refractivity (Wildman–Crippen MR) is 52.3 cm³/mol. The molecule has 1 saturated carbocycles. The number of carbonyl (C=O) groups is 1. The van der Waals surface area contributed by atoms with E-state index in [0.29, 0.717) is 12.4 Å². The monoisotopic (exact) mass is 182 g/mol. The van der Waals surface area contributed by atoms with E-state index in [0.717, 1.165) is 25.7 Å². The maximum atomic E-state index is 11.5. The molecule has 0 aliphatic heterocycles. The van der Waals surface area contributed by atoms with Crippen molar-refractivity contribution in [1.29, 1.82) is 0 Å². The van der Waals surface area contributed by atoms with Gasteiger partial charge in [0.2, 0.25) is 0 Å². The lowest BCUT2D eigenvalue weighted by molar-refractivity contribution is -0.123. The number of hydrogen-bond acceptors (Lipinski definition) is 2. The van der Waals surface area contributed by atoms with E-state index in [9.17, 15) is 4.79 Å². The van der Waals surface area contributed by atoms with Crippen molar-refractivity contribution in [2.24, 2.45) is 5.92 Å². The minimum atomic E-state index is 0.252. The molecule has 0 aromatic rings. The largest absolute Gasteiger partial charge is 0.502 e. The highest BCUT2D eigenvalue weighted by Gasteiger charge is 2.19. The van der Waals surface area contributed by atoms with Gasteiger partial charge in [0.05, 0.1) is 12.9 Å². The first-order chi connectivity index (χ1) is 6.34. The van der Waals surface area contributed by atoms with Crippen molar-refractivity contribution in [2.75, 3.05) is 6.61 Å². The molecule has 1 fully saturated rings. The molecule has 0 spiro atoms. The van der Waals surface area contributed by atoms with E-state index in [1.54, 1.807) is 0 Å². The van der Waals surface area contributed by atoms with Crippen LogP contribution in [0, 0.1) is 5.92 Å². The van der Waals surface area contributed by atoms with Gasteiger partial charge in [-0.3, -0.25) is 4.79 Å². The number of hydrogen-bond donors (Lipinski definition) is 0. The molecule has 2 heteroatoms. The molecular formula is C11H18O2. The summed E-state index contributed by atoms with van der Waals surface area (Å²) in [6.07, 6.45) is 7.64. The summed E-state index contributed by atoms with van der Waals surface area (Å²) in [6, 6.07) is 0. The summed E-state index contributed by atoms with van der Waals surface area (Å²) >= 11 is 0. The Hall–Kier alpha value is -0.790. The van der Waals surface area contributed by atoms with Crippen molar-refractivity contribution in [1.82, 2.24) is 0 Å². The minimum absolute atomic E-state index is 0.252. The molecule has 0 heterocycles. The molecule has 1 aliphatic carbocycles. The van der Waals surface area contributed by atoms with Crippen LogP contribution in [0.25, 0.3) is 0 Å². The quantitative estimate of drug-likeness (QED) is 0.379. The van der Waals surface area contributed by atoms with Crippen molar-refractivity contribution < 1.29 is 9.53 Å². The Bertz CT molecular complexity index is 175. The van der Waals surface area contributed by atoms with Crippen LogP contribution in [-0.4, -0.2) is 12.4 Å². The summed E-state index contributed by atoms with van der Waals surface area (Å²) in [4.78, 5) is 11.5. The summed E-state index contributed by atoms with van der Waals surface area (Å²) in [6.45, 7) is 4.11. The maximum Gasteiger partial charge on any atom is 0.136 e. The Kier molecular flexibility index (Phi) is 4.58. The van der Waals surface area contributed by atoms with E-state index in [1.807, 2.05) is 0 Å². The van der Waals surface area contributed by atoms with Gasteiger partial charge in [-0.05, 0) is 19.3 Å². The number of Topliss-reactive ketones (excluding diaryl/α,β-unsaturated/α-hetero) is 1. The van der Waals surface area contributed by atoms with Gasteiger partial charge in [-0.15, -0.1) is 0 Å². The van der Waals surface area contributed by atoms with Crippen molar-refractivity contribution >= 4 is 5.78 Å². The minimum Gasteiger partial charge on any atom is -0.502 e. The maximum absolute atomic E-state index is 11.5. The van der Waals surface area contributed by atoms with Crippen molar-refractivity contribution in [3.05, 3.63) is 12.8 Å². The highest BCUT2D eigenvalue weighted by Crippen LogP contribution is 2.22. The average molecular weight is 182 g/mol. The van der Waals surface area contributed by atoms with Crippen molar-refractivity contribution in [2.45, 2.75) is 38.5 Å². The van der Waals surface area contributed by atoms with Crippen LogP contribution < -0.4 is 0 Å². The molecule has 1 unspecified atom stereocenters. The van der Waals surface area contributed by atoms with Gasteiger partial charge in [-0.1, -0.05) is 19.4 Å². The zero-order valence-corrected chi connectivity index (χ0v) is 8.13. The third-order valence-corrected chi connectivity index (χ3v) is 2.63. The standard InChI is InChI=1S/C11H18O2/c1-2-13-9-8-10-6-4-3-5-7-11(10)12/h2,10H,1,3-9H2. The van der Waals surface area contributed by atoms with Crippen LogP contribution in [0.1, 0.15) is 38.5 Å². The molecule has 1 rings (SSSR count). The molecule has 0 aromatic heterocycles. The average Bonchev–Trinajstić information content (AvgIpc) is 2.32. The molecule has 0 aromatic carbocycles. The Morgan fingerprint density at radius 1 is 1.46 bits per heavy atom. The molecular weight excluding hydrogens is 164 g/mol. The zero-order chi connectivity index (χ0) is 9.52. The fourth-order valence-electron chi connectivity index (χ4n) is 1.83. The van der Waals surface area contributed by atoms with E-state index in [-0.39, 0.29) is 5.92 Å². The van der Waals surface area contributed by atoms with E-state index in [4.69, 9.17) is 4.74 Å². The fraction of sp³-hybridized carbons (Fsp3) is 0.727. The number of ether oxygens (including phenoxy) is 1. The third kappa shape index (κ3) is 3.62. The van der Waals surface area contributed by atoms with Crippen LogP contribution in [0.5, 0.6) is 0 Å². The molecule has 1 aliphatic rings. The summed E-state index contributed by atoms with van der Waals surface area (Å²) in [5.41, 5.74) is 0. The summed E-state index contributed by atoms with van der Waals surface area (Å²) in [7, 11) is 0.